The van der Waals surface area contributed by atoms with Crippen LogP contribution < -0.4 is 0 Å². The summed E-state index contributed by atoms with van der Waals surface area (Å²) >= 11 is 0. The van der Waals surface area contributed by atoms with E-state index in [0.29, 0.717) is 12.1 Å². The van der Waals surface area contributed by atoms with Crippen molar-refractivity contribution in [2.75, 3.05) is 7.11 Å². The van der Waals surface area contributed by atoms with Gasteiger partial charge >= 0.3 is 14.9 Å². The van der Waals surface area contributed by atoms with Gasteiger partial charge in [-0.2, -0.15) is 0 Å². The zero-order chi connectivity index (χ0) is 14.1. The van der Waals surface area contributed by atoms with Gasteiger partial charge in [-0.3, -0.25) is 0 Å². The fourth-order valence-corrected chi connectivity index (χ4v) is 4.36. The van der Waals surface area contributed by atoms with Crippen LogP contribution in [0.4, 0.5) is 13.2 Å². The predicted octanol–water partition coefficient (Wildman–Crippen LogP) is 4.99. The average molecular weight is 286 g/mol. The lowest BCUT2D eigenvalue weighted by Crippen LogP contribution is -2.44. The first-order valence-electron chi connectivity index (χ1n) is 6.71. The molecule has 0 radical (unpaired) electrons. The van der Waals surface area contributed by atoms with Crippen molar-refractivity contribution in [1.82, 2.24) is 0 Å². The van der Waals surface area contributed by atoms with E-state index in [4.69, 9.17) is 4.43 Å². The van der Waals surface area contributed by atoms with Gasteiger partial charge in [0.05, 0.1) is 0 Å². The Labute approximate surface area is 109 Å². The van der Waals surface area contributed by atoms with Crippen LogP contribution in [0.1, 0.15) is 52.4 Å². The Morgan fingerprint density at radius 2 is 1.50 bits per heavy atom. The summed E-state index contributed by atoms with van der Waals surface area (Å²) in [4.78, 5) is 0. The molecule has 0 aliphatic carbocycles. The van der Waals surface area contributed by atoms with E-state index >= 15 is 0 Å². The van der Waals surface area contributed by atoms with Crippen LogP contribution >= 0.6 is 0 Å². The van der Waals surface area contributed by atoms with Gasteiger partial charge in [-0.25, -0.2) is 0 Å². The van der Waals surface area contributed by atoms with Gasteiger partial charge < -0.3 is 8.85 Å². The molecule has 0 heterocycles. The first-order valence-corrected chi connectivity index (χ1v) is 8.94. The Kier molecular flexibility index (Phi) is 8.89. The lowest BCUT2D eigenvalue weighted by atomic mass is 10.1. The van der Waals surface area contributed by atoms with Gasteiger partial charge in [-0.05, 0) is 12.1 Å². The topological polar surface area (TPSA) is 18.5 Å². The summed E-state index contributed by atoms with van der Waals surface area (Å²) in [7, 11) is -1.74. The lowest BCUT2D eigenvalue weighted by molar-refractivity contribution is -0.288. The molecule has 0 saturated heterocycles. The predicted molar refractivity (Wildman–Crippen MR) is 68.6 cm³/mol. The Morgan fingerprint density at radius 1 is 0.944 bits per heavy atom. The summed E-state index contributed by atoms with van der Waals surface area (Å²) in [6, 6.07) is 0.754. The molecule has 1 atom stereocenters. The maximum absolute atomic E-state index is 12.3. The van der Waals surface area contributed by atoms with Gasteiger partial charge in [0.2, 0.25) is 0 Å². The Hall–Kier alpha value is -0.0731. The first-order chi connectivity index (χ1) is 8.39. The molecule has 0 N–H and O–H groups in total. The van der Waals surface area contributed by atoms with Crippen LogP contribution in [0.3, 0.4) is 0 Å². The van der Waals surface area contributed by atoms with Crippen molar-refractivity contribution in [3.8, 4) is 0 Å². The highest BCUT2D eigenvalue weighted by atomic mass is 28.4. The van der Waals surface area contributed by atoms with Crippen molar-refractivity contribution in [3.05, 3.63) is 0 Å². The van der Waals surface area contributed by atoms with Gasteiger partial charge in [0.15, 0.2) is 0 Å². The van der Waals surface area contributed by atoms with E-state index in [-0.39, 0.29) is 0 Å². The molecule has 0 amide bonds. The van der Waals surface area contributed by atoms with Crippen molar-refractivity contribution in [1.29, 1.82) is 0 Å². The molecular weight excluding hydrogens is 261 g/mol. The van der Waals surface area contributed by atoms with E-state index < -0.39 is 14.9 Å². The first kappa shape index (κ1) is 17.9. The van der Waals surface area contributed by atoms with Crippen LogP contribution in [0.2, 0.25) is 12.1 Å². The molecular formula is C12H25F3O2Si. The summed E-state index contributed by atoms with van der Waals surface area (Å²) in [6.07, 6.45) is 1.73. The van der Waals surface area contributed by atoms with Crippen molar-refractivity contribution in [2.24, 2.45) is 0 Å². The maximum atomic E-state index is 12.3. The SMILES string of the molecule is CCCCCCCC[Si](CC)(OC)OC(F)(F)F. The number of rotatable bonds is 10. The van der Waals surface area contributed by atoms with Crippen LogP contribution in [0.15, 0.2) is 0 Å². The molecule has 0 spiro atoms. The molecule has 0 aromatic rings. The van der Waals surface area contributed by atoms with Crippen LogP contribution in [0.5, 0.6) is 0 Å². The van der Waals surface area contributed by atoms with Gasteiger partial charge in [0.1, 0.15) is 0 Å². The van der Waals surface area contributed by atoms with E-state index in [1.165, 1.54) is 20.0 Å². The second kappa shape index (κ2) is 8.93. The smallest absolute Gasteiger partial charge is 0.397 e. The maximum Gasteiger partial charge on any atom is 0.514 e. The summed E-state index contributed by atoms with van der Waals surface area (Å²) in [5, 5.41) is 0. The minimum atomic E-state index is -4.58. The van der Waals surface area contributed by atoms with Gasteiger partial charge in [-0.1, -0.05) is 52.4 Å². The van der Waals surface area contributed by atoms with E-state index in [1.807, 2.05) is 0 Å². The van der Waals surface area contributed by atoms with E-state index in [0.717, 1.165) is 25.7 Å². The van der Waals surface area contributed by atoms with Gasteiger partial charge in [0, 0.05) is 7.11 Å². The second-order valence-electron chi connectivity index (χ2n) is 4.53. The molecule has 1 unspecified atom stereocenters. The van der Waals surface area contributed by atoms with Crippen molar-refractivity contribution >= 4 is 8.56 Å². The number of alkyl halides is 3. The lowest BCUT2D eigenvalue weighted by Gasteiger charge is -2.28. The van der Waals surface area contributed by atoms with Gasteiger partial charge in [0.25, 0.3) is 0 Å². The van der Waals surface area contributed by atoms with Gasteiger partial charge in [-0.15, -0.1) is 13.2 Å². The highest BCUT2D eigenvalue weighted by molar-refractivity contribution is 6.67. The van der Waals surface area contributed by atoms with Crippen molar-refractivity contribution < 1.29 is 22.0 Å². The molecule has 18 heavy (non-hydrogen) atoms. The summed E-state index contributed by atoms with van der Waals surface area (Å²) in [6.45, 7) is 3.84. The van der Waals surface area contributed by atoms with Crippen LogP contribution in [0.25, 0.3) is 0 Å². The zero-order valence-electron chi connectivity index (χ0n) is 11.6. The number of unbranched alkanes of at least 4 members (excludes halogenated alkanes) is 5. The molecule has 0 aromatic carbocycles. The van der Waals surface area contributed by atoms with E-state index in [2.05, 4.69) is 11.3 Å². The average Bonchev–Trinajstić information content (AvgIpc) is 2.30. The number of halogens is 3. The molecule has 0 rings (SSSR count). The molecule has 0 bridgehead atoms. The molecule has 6 heteroatoms. The summed E-state index contributed by atoms with van der Waals surface area (Å²) in [5.74, 6) is 0. The van der Waals surface area contributed by atoms with Crippen LogP contribution in [-0.2, 0) is 8.85 Å². The van der Waals surface area contributed by atoms with E-state index in [9.17, 15) is 13.2 Å². The van der Waals surface area contributed by atoms with Crippen LogP contribution in [-0.4, -0.2) is 22.0 Å². The summed E-state index contributed by atoms with van der Waals surface area (Å²) < 4.78 is 46.4. The number of hydrogen-bond acceptors (Lipinski definition) is 2. The molecule has 0 saturated carbocycles. The minimum Gasteiger partial charge on any atom is -0.397 e. The second-order valence-corrected chi connectivity index (χ2v) is 8.17. The molecule has 110 valence electrons. The zero-order valence-corrected chi connectivity index (χ0v) is 12.6. The Morgan fingerprint density at radius 3 is 1.94 bits per heavy atom. The van der Waals surface area contributed by atoms with Crippen LogP contribution in [0, 0.1) is 0 Å². The third-order valence-corrected chi connectivity index (χ3v) is 6.66. The largest absolute Gasteiger partial charge is 0.514 e. The van der Waals surface area contributed by atoms with Crippen molar-refractivity contribution in [2.45, 2.75) is 70.8 Å². The number of hydrogen-bond donors (Lipinski definition) is 0. The fraction of sp³-hybridized carbons (Fsp3) is 1.00. The standard InChI is InChI=1S/C12H25F3O2Si/c1-4-6-7-8-9-10-11-18(5-2,16-3)17-12(13,14)15/h4-11H2,1-3H3. The fourth-order valence-electron chi connectivity index (χ4n) is 1.97. The summed E-state index contributed by atoms with van der Waals surface area (Å²) in [5.41, 5.74) is 0. The molecule has 0 fully saturated rings. The Bertz CT molecular complexity index is 206. The van der Waals surface area contributed by atoms with E-state index in [1.54, 1.807) is 6.92 Å². The monoisotopic (exact) mass is 286 g/mol. The Balaban J connectivity index is 4.03. The highest BCUT2D eigenvalue weighted by Crippen LogP contribution is 2.30. The third-order valence-electron chi connectivity index (χ3n) is 3.12. The minimum absolute atomic E-state index is 0.331. The molecule has 0 aliphatic rings. The third kappa shape index (κ3) is 8.10. The highest BCUT2D eigenvalue weighted by Gasteiger charge is 2.45. The van der Waals surface area contributed by atoms with Crippen molar-refractivity contribution in [3.63, 3.8) is 0 Å². The normalized spacial score (nSPS) is 15.7. The molecule has 2 nitrogen and oxygen atoms in total. The molecule has 0 aromatic heterocycles. The quantitative estimate of drug-likeness (QED) is 0.416. The molecule has 0 aliphatic heterocycles.